The van der Waals surface area contributed by atoms with Crippen molar-refractivity contribution in [2.45, 2.75) is 26.3 Å². The third kappa shape index (κ3) is 4.01. The summed E-state index contributed by atoms with van der Waals surface area (Å²) in [4.78, 5) is 19.2. The second-order valence-electron chi connectivity index (χ2n) is 7.80. The van der Waals surface area contributed by atoms with Gasteiger partial charge in [0, 0.05) is 31.4 Å². The lowest BCUT2D eigenvalue weighted by atomic mass is 9.98. The first kappa shape index (κ1) is 18.8. The number of hydrogen-bond donors (Lipinski definition) is 1. The zero-order valence-electron chi connectivity index (χ0n) is 16.3. The Hall–Kier alpha value is -2.50. The predicted octanol–water partition coefficient (Wildman–Crippen LogP) is 4.52. The number of nitrogens with two attached hydrogens (primary N) is 1. The van der Waals surface area contributed by atoms with Crippen molar-refractivity contribution in [1.82, 2.24) is 9.88 Å². The molecule has 1 aliphatic rings. The van der Waals surface area contributed by atoms with E-state index in [1.165, 1.54) is 21.6 Å². The molecule has 1 saturated heterocycles. The van der Waals surface area contributed by atoms with E-state index < -0.39 is 0 Å². The van der Waals surface area contributed by atoms with Crippen LogP contribution in [-0.4, -0.2) is 28.9 Å². The number of benzene rings is 2. The molecular weight excluding hydrogens is 366 g/mol. The van der Waals surface area contributed by atoms with Crippen molar-refractivity contribution in [3.63, 3.8) is 0 Å². The summed E-state index contributed by atoms with van der Waals surface area (Å²) in [7, 11) is 0. The highest BCUT2D eigenvalue weighted by Gasteiger charge is 2.30. The number of carbonyl (C=O) groups excluding carboxylic acids is 1. The summed E-state index contributed by atoms with van der Waals surface area (Å²) in [6.07, 6.45) is 1.96. The molecule has 1 aromatic heterocycles. The molecule has 2 N–H and O–H groups in total. The van der Waals surface area contributed by atoms with E-state index in [2.05, 4.69) is 72.3 Å². The van der Waals surface area contributed by atoms with Crippen LogP contribution in [0.3, 0.4) is 0 Å². The molecule has 28 heavy (non-hydrogen) atoms. The molecule has 0 bridgehead atoms. The zero-order valence-corrected chi connectivity index (χ0v) is 17.1. The van der Waals surface area contributed by atoms with E-state index in [0.717, 1.165) is 30.2 Å². The minimum absolute atomic E-state index is 0.0163. The van der Waals surface area contributed by atoms with Gasteiger partial charge in [0.1, 0.15) is 5.01 Å². The van der Waals surface area contributed by atoms with Crippen molar-refractivity contribution < 1.29 is 4.79 Å². The third-order valence-electron chi connectivity index (χ3n) is 5.33. The van der Waals surface area contributed by atoms with Crippen LogP contribution < -0.4 is 5.73 Å². The summed E-state index contributed by atoms with van der Waals surface area (Å²) in [5.41, 5.74) is 10.3. The Bertz CT molecular complexity index is 954. The molecule has 2 aromatic carbocycles. The number of aromatic nitrogens is 1. The SMILES string of the molecule is CC(C)c1ccc(-c2cnc(-c3ccc(CN4CC(C(N)=O)C4)cc3)s2)cc1. The second-order valence-corrected chi connectivity index (χ2v) is 8.83. The molecule has 0 atom stereocenters. The fourth-order valence-corrected chi connectivity index (χ4v) is 4.39. The second kappa shape index (κ2) is 7.86. The fourth-order valence-electron chi connectivity index (χ4n) is 3.46. The number of rotatable bonds is 6. The van der Waals surface area contributed by atoms with Gasteiger partial charge in [-0.2, -0.15) is 0 Å². The maximum absolute atomic E-state index is 11.1. The molecule has 0 unspecified atom stereocenters. The molecule has 5 heteroatoms. The van der Waals surface area contributed by atoms with Crippen LogP contribution in [0, 0.1) is 5.92 Å². The zero-order chi connectivity index (χ0) is 19.7. The minimum Gasteiger partial charge on any atom is -0.369 e. The number of hydrogen-bond acceptors (Lipinski definition) is 4. The van der Waals surface area contributed by atoms with Gasteiger partial charge in [0.25, 0.3) is 0 Å². The maximum atomic E-state index is 11.1. The summed E-state index contributed by atoms with van der Waals surface area (Å²) in [5.74, 6) is 0.371. The van der Waals surface area contributed by atoms with Crippen LogP contribution in [0.25, 0.3) is 21.0 Å². The smallest absolute Gasteiger partial charge is 0.223 e. The van der Waals surface area contributed by atoms with E-state index in [1.807, 2.05) is 6.20 Å². The first-order valence-corrected chi connectivity index (χ1v) is 10.5. The Morgan fingerprint density at radius 2 is 1.75 bits per heavy atom. The van der Waals surface area contributed by atoms with Crippen LogP contribution >= 0.6 is 11.3 Å². The molecule has 1 amide bonds. The van der Waals surface area contributed by atoms with Crippen molar-refractivity contribution in [2.24, 2.45) is 11.7 Å². The van der Waals surface area contributed by atoms with Gasteiger partial charge < -0.3 is 5.73 Å². The maximum Gasteiger partial charge on any atom is 0.223 e. The van der Waals surface area contributed by atoms with E-state index in [1.54, 1.807) is 11.3 Å². The van der Waals surface area contributed by atoms with Crippen LogP contribution in [0.5, 0.6) is 0 Å². The number of carbonyl (C=O) groups is 1. The Kier molecular flexibility index (Phi) is 5.29. The molecule has 3 aromatic rings. The van der Waals surface area contributed by atoms with Gasteiger partial charge in [-0.25, -0.2) is 4.98 Å². The minimum atomic E-state index is -0.190. The first-order valence-electron chi connectivity index (χ1n) is 9.67. The average molecular weight is 392 g/mol. The van der Waals surface area contributed by atoms with E-state index in [-0.39, 0.29) is 11.8 Å². The van der Waals surface area contributed by atoms with Gasteiger partial charge in [0.05, 0.1) is 10.8 Å². The summed E-state index contributed by atoms with van der Waals surface area (Å²) in [5, 5.41) is 1.03. The summed E-state index contributed by atoms with van der Waals surface area (Å²) in [6.45, 7) is 6.81. The molecule has 4 nitrogen and oxygen atoms in total. The van der Waals surface area contributed by atoms with Crippen molar-refractivity contribution in [1.29, 1.82) is 0 Å². The van der Waals surface area contributed by atoms with Crippen molar-refractivity contribution in [3.05, 3.63) is 65.9 Å². The highest BCUT2D eigenvalue weighted by atomic mass is 32.1. The van der Waals surface area contributed by atoms with Gasteiger partial charge in [-0.3, -0.25) is 9.69 Å². The van der Waals surface area contributed by atoms with Gasteiger partial charge in [-0.15, -0.1) is 11.3 Å². The quantitative estimate of drug-likeness (QED) is 0.672. The summed E-state index contributed by atoms with van der Waals surface area (Å²) >= 11 is 1.72. The van der Waals surface area contributed by atoms with Gasteiger partial charge in [0.2, 0.25) is 5.91 Å². The number of likely N-dealkylation sites (tertiary alicyclic amines) is 1. The van der Waals surface area contributed by atoms with Crippen LogP contribution in [0.1, 0.15) is 30.9 Å². The largest absolute Gasteiger partial charge is 0.369 e. The molecule has 1 aliphatic heterocycles. The Morgan fingerprint density at radius 1 is 1.11 bits per heavy atom. The lowest BCUT2D eigenvalue weighted by Crippen LogP contribution is -2.51. The summed E-state index contributed by atoms with van der Waals surface area (Å²) < 4.78 is 0. The highest BCUT2D eigenvalue weighted by Crippen LogP contribution is 2.33. The van der Waals surface area contributed by atoms with Crippen molar-refractivity contribution in [3.8, 4) is 21.0 Å². The van der Waals surface area contributed by atoms with E-state index in [0.29, 0.717) is 5.92 Å². The molecule has 1 fully saturated rings. The van der Waals surface area contributed by atoms with Gasteiger partial charge in [0.15, 0.2) is 0 Å². The van der Waals surface area contributed by atoms with Crippen LogP contribution in [0.2, 0.25) is 0 Å². The standard InChI is InChI=1S/C23H25N3OS/c1-15(2)17-7-9-18(10-8-17)21-11-25-23(28-21)19-5-3-16(4-6-19)12-26-13-20(14-26)22(24)27/h3-11,15,20H,12-14H2,1-2H3,(H2,24,27). The molecule has 0 spiro atoms. The van der Waals surface area contributed by atoms with E-state index >= 15 is 0 Å². The first-order chi connectivity index (χ1) is 13.5. The Balaban J connectivity index is 1.42. The topological polar surface area (TPSA) is 59.2 Å². The normalized spacial score (nSPS) is 15.0. The Morgan fingerprint density at radius 3 is 2.36 bits per heavy atom. The molecular formula is C23H25N3OS. The van der Waals surface area contributed by atoms with Crippen molar-refractivity contribution >= 4 is 17.2 Å². The highest BCUT2D eigenvalue weighted by molar-refractivity contribution is 7.18. The van der Waals surface area contributed by atoms with Gasteiger partial charge in [-0.05, 0) is 22.6 Å². The number of thiazole rings is 1. The van der Waals surface area contributed by atoms with Crippen molar-refractivity contribution in [2.75, 3.05) is 13.1 Å². The van der Waals surface area contributed by atoms with Crippen LogP contribution in [0.4, 0.5) is 0 Å². The lowest BCUT2D eigenvalue weighted by molar-refractivity contribution is -0.127. The fraction of sp³-hybridized carbons (Fsp3) is 0.304. The molecule has 2 heterocycles. The van der Waals surface area contributed by atoms with Crippen LogP contribution in [-0.2, 0) is 11.3 Å². The number of amides is 1. The molecule has 144 valence electrons. The monoisotopic (exact) mass is 391 g/mol. The molecule has 4 rings (SSSR count). The van der Waals surface area contributed by atoms with Gasteiger partial charge in [-0.1, -0.05) is 62.4 Å². The third-order valence-corrected chi connectivity index (χ3v) is 6.43. The predicted molar refractivity (Wildman–Crippen MR) is 115 cm³/mol. The van der Waals surface area contributed by atoms with Gasteiger partial charge >= 0.3 is 0 Å². The number of primary amides is 1. The van der Waals surface area contributed by atoms with E-state index in [9.17, 15) is 4.79 Å². The molecule has 0 saturated carbocycles. The summed E-state index contributed by atoms with van der Waals surface area (Å²) in [6, 6.07) is 17.3. The Labute approximate surface area is 170 Å². The average Bonchev–Trinajstić information content (AvgIpc) is 3.14. The molecule has 0 aliphatic carbocycles. The molecule has 0 radical (unpaired) electrons. The van der Waals surface area contributed by atoms with E-state index in [4.69, 9.17) is 5.73 Å². The van der Waals surface area contributed by atoms with Crippen LogP contribution in [0.15, 0.2) is 54.7 Å². The lowest BCUT2D eigenvalue weighted by Gasteiger charge is -2.37. The number of nitrogens with zero attached hydrogens (tertiary/aromatic N) is 2.